The van der Waals surface area contributed by atoms with E-state index in [-0.39, 0.29) is 18.9 Å². The number of carbonyl (C=O) groups excluding carboxylic acids is 1. The Hall–Kier alpha value is -3.54. The fourth-order valence-electron chi connectivity index (χ4n) is 5.02. The quantitative estimate of drug-likeness (QED) is 0.256. The molecular weight excluding hydrogens is 539 g/mol. The van der Waals surface area contributed by atoms with Crippen LogP contribution < -0.4 is 5.32 Å². The first-order chi connectivity index (χ1) is 19.7. The number of allylic oxidation sites excluding steroid dienone is 1. The van der Waals surface area contributed by atoms with Crippen molar-refractivity contribution in [2.24, 2.45) is 0 Å². The van der Waals surface area contributed by atoms with Gasteiger partial charge >= 0.3 is 7.82 Å². The van der Waals surface area contributed by atoms with E-state index in [1.165, 1.54) is 22.3 Å². The number of hydroxylamine groups is 2. The van der Waals surface area contributed by atoms with Gasteiger partial charge in [0.25, 0.3) is 0 Å². The first-order valence-corrected chi connectivity index (χ1v) is 15.1. The van der Waals surface area contributed by atoms with E-state index in [0.717, 1.165) is 23.1 Å². The second-order valence-corrected chi connectivity index (χ2v) is 11.5. The zero-order valence-corrected chi connectivity index (χ0v) is 23.7. The zero-order chi connectivity index (χ0) is 28.8. The van der Waals surface area contributed by atoms with E-state index < -0.39 is 20.0 Å². The van der Waals surface area contributed by atoms with Crippen LogP contribution in [-0.4, -0.2) is 46.1 Å². The summed E-state index contributed by atoms with van der Waals surface area (Å²) < 4.78 is 15.9. The number of phosphoric ester groups is 1. The van der Waals surface area contributed by atoms with Crippen LogP contribution in [0.25, 0.3) is 5.57 Å². The summed E-state index contributed by atoms with van der Waals surface area (Å²) in [5.74, 6) is 6.13. The molecule has 8 nitrogen and oxygen atoms in total. The highest BCUT2D eigenvalue weighted by Gasteiger charge is 2.39. The maximum Gasteiger partial charge on any atom is 0.469 e. The van der Waals surface area contributed by atoms with Gasteiger partial charge in [0.2, 0.25) is 5.91 Å². The Kier molecular flexibility index (Phi) is 9.16. The molecule has 2 unspecified atom stereocenters. The molecule has 1 saturated heterocycles. The monoisotopic (exact) mass is 572 g/mol. The molecule has 1 heterocycles. The van der Waals surface area contributed by atoms with Gasteiger partial charge in [-0.1, -0.05) is 72.0 Å². The number of rotatable bonds is 9. The Bertz CT molecular complexity index is 1520. The third kappa shape index (κ3) is 8.02. The van der Waals surface area contributed by atoms with Gasteiger partial charge in [-0.3, -0.25) is 14.2 Å². The van der Waals surface area contributed by atoms with E-state index in [0.29, 0.717) is 19.5 Å². The largest absolute Gasteiger partial charge is 0.469 e. The third-order valence-electron chi connectivity index (χ3n) is 7.17. The van der Waals surface area contributed by atoms with Crippen molar-refractivity contribution in [1.29, 1.82) is 0 Å². The predicted octanol–water partition coefficient (Wildman–Crippen LogP) is 4.52. The minimum absolute atomic E-state index is 0.198. The summed E-state index contributed by atoms with van der Waals surface area (Å²) in [5, 5.41) is 4.59. The molecule has 0 bridgehead atoms. The van der Waals surface area contributed by atoms with Crippen molar-refractivity contribution >= 4 is 19.3 Å². The molecular formula is C32H33N2O6P. The van der Waals surface area contributed by atoms with Crippen LogP contribution in [0.2, 0.25) is 0 Å². The van der Waals surface area contributed by atoms with Crippen LogP contribution >= 0.6 is 7.82 Å². The van der Waals surface area contributed by atoms with Crippen molar-refractivity contribution in [1.82, 2.24) is 10.4 Å². The van der Waals surface area contributed by atoms with Crippen LogP contribution in [0.1, 0.15) is 46.2 Å². The van der Waals surface area contributed by atoms with Gasteiger partial charge in [0, 0.05) is 24.1 Å². The highest BCUT2D eigenvalue weighted by Crippen LogP contribution is 2.37. The average Bonchev–Trinajstić information content (AvgIpc) is 3.56. The molecule has 3 N–H and O–H groups in total. The first-order valence-electron chi connectivity index (χ1n) is 13.6. The maximum absolute atomic E-state index is 13.2. The lowest BCUT2D eigenvalue weighted by atomic mass is 10.0. The van der Waals surface area contributed by atoms with Crippen molar-refractivity contribution in [2.75, 3.05) is 13.2 Å². The van der Waals surface area contributed by atoms with E-state index in [1.807, 2.05) is 67.6 Å². The zero-order valence-electron chi connectivity index (χ0n) is 22.8. The van der Waals surface area contributed by atoms with E-state index in [4.69, 9.17) is 14.6 Å². The summed E-state index contributed by atoms with van der Waals surface area (Å²) in [6.07, 6.45) is 3.40. The van der Waals surface area contributed by atoms with Crippen LogP contribution in [0.3, 0.4) is 0 Å². The third-order valence-corrected chi connectivity index (χ3v) is 7.66. The maximum atomic E-state index is 13.2. The summed E-state index contributed by atoms with van der Waals surface area (Å²) in [5.41, 5.74) is 7.64. The Balaban J connectivity index is 1.21. The molecule has 212 valence electrons. The average molecular weight is 573 g/mol. The second-order valence-electron chi connectivity index (χ2n) is 10.3. The smallest absolute Gasteiger partial charge is 0.354 e. The summed E-state index contributed by atoms with van der Waals surface area (Å²) in [6, 6.07) is 23.4. The number of amides is 1. The first kappa shape index (κ1) is 29.0. The number of benzene rings is 3. The molecule has 2 aliphatic rings. The second kappa shape index (κ2) is 13.0. The van der Waals surface area contributed by atoms with Crippen molar-refractivity contribution in [3.05, 3.63) is 112 Å². The molecule has 3 aromatic rings. The number of hydrogen-bond acceptors (Lipinski definition) is 5. The topological polar surface area (TPSA) is 108 Å². The van der Waals surface area contributed by atoms with E-state index >= 15 is 0 Å². The standard InChI is InChI=1S/C32H33N2O6P/c1-23-6-8-24(9-7-23)10-11-25-12-14-26(15-13-25)21-34-31(20-29(40-34)22-39-41(36,37)38)32(35)33-19-18-28-17-16-27-4-2-3-5-30(27)28/h2-9,12-15,17,29,31H,16,18-22H2,1H3,(H,33,35)(H2,36,37,38). The predicted molar refractivity (Wildman–Crippen MR) is 156 cm³/mol. The lowest BCUT2D eigenvalue weighted by Crippen LogP contribution is -2.42. The molecule has 1 aliphatic heterocycles. The van der Waals surface area contributed by atoms with Gasteiger partial charge in [-0.05, 0) is 66.3 Å². The number of nitrogens with zero attached hydrogens (tertiary/aromatic N) is 1. The number of carbonyl (C=O) groups is 1. The van der Waals surface area contributed by atoms with Gasteiger partial charge in [0.15, 0.2) is 0 Å². The molecule has 41 heavy (non-hydrogen) atoms. The molecule has 0 radical (unpaired) electrons. The van der Waals surface area contributed by atoms with Gasteiger partial charge < -0.3 is 15.1 Å². The Morgan fingerprint density at radius 3 is 2.44 bits per heavy atom. The number of hydrogen-bond donors (Lipinski definition) is 3. The van der Waals surface area contributed by atoms with Crippen molar-refractivity contribution < 1.29 is 28.5 Å². The Morgan fingerprint density at radius 1 is 1.05 bits per heavy atom. The molecule has 0 saturated carbocycles. The van der Waals surface area contributed by atoms with Crippen molar-refractivity contribution in [2.45, 2.75) is 44.9 Å². The van der Waals surface area contributed by atoms with Gasteiger partial charge in [0.1, 0.15) is 12.1 Å². The number of fused-ring (bicyclic) bond motifs is 1. The molecule has 0 spiro atoms. The molecule has 2 atom stereocenters. The lowest BCUT2D eigenvalue weighted by Gasteiger charge is -2.22. The number of nitrogens with one attached hydrogen (secondary N) is 1. The molecule has 1 aliphatic carbocycles. The summed E-state index contributed by atoms with van der Waals surface area (Å²) in [6.45, 7) is 2.51. The van der Waals surface area contributed by atoms with Gasteiger partial charge in [0.05, 0.1) is 13.2 Å². The van der Waals surface area contributed by atoms with Crippen LogP contribution in [0, 0.1) is 18.8 Å². The minimum Gasteiger partial charge on any atom is -0.354 e. The van der Waals surface area contributed by atoms with Crippen molar-refractivity contribution in [3.8, 4) is 11.8 Å². The molecule has 0 aromatic heterocycles. The van der Waals surface area contributed by atoms with Crippen molar-refractivity contribution in [3.63, 3.8) is 0 Å². The van der Waals surface area contributed by atoms with Gasteiger partial charge in [-0.2, -0.15) is 5.06 Å². The van der Waals surface area contributed by atoms with Gasteiger partial charge in [-0.25, -0.2) is 4.57 Å². The lowest BCUT2D eigenvalue weighted by molar-refractivity contribution is -0.180. The number of aryl methyl sites for hydroxylation is 1. The highest BCUT2D eigenvalue weighted by molar-refractivity contribution is 7.46. The normalized spacial score (nSPS) is 18.4. The fourth-order valence-corrected chi connectivity index (χ4v) is 5.38. The summed E-state index contributed by atoms with van der Waals surface area (Å²) in [4.78, 5) is 37.4. The SMILES string of the molecule is Cc1ccc(C#Cc2ccc(CN3OC(COP(=O)(O)O)CC3C(=O)NCCC3=CCc4ccccc43)cc2)cc1. The van der Waals surface area contributed by atoms with E-state index in [9.17, 15) is 9.36 Å². The molecule has 1 amide bonds. The Labute approximate surface area is 240 Å². The Morgan fingerprint density at radius 2 is 1.73 bits per heavy atom. The van der Waals surface area contributed by atoms with Crippen LogP contribution in [0.5, 0.6) is 0 Å². The fraction of sp³-hybridized carbons (Fsp3) is 0.281. The van der Waals surface area contributed by atoms with E-state index in [1.54, 1.807) is 5.06 Å². The molecule has 5 rings (SSSR count). The van der Waals surface area contributed by atoms with Crippen LogP contribution in [0.15, 0.2) is 78.9 Å². The molecule has 3 aromatic carbocycles. The molecule has 9 heteroatoms. The summed E-state index contributed by atoms with van der Waals surface area (Å²) >= 11 is 0. The minimum atomic E-state index is -4.66. The molecule has 1 fully saturated rings. The number of phosphoric acid groups is 1. The van der Waals surface area contributed by atoms with E-state index in [2.05, 4.69) is 39.9 Å². The van der Waals surface area contributed by atoms with Gasteiger partial charge in [-0.15, -0.1) is 0 Å². The van der Waals surface area contributed by atoms with Crippen LogP contribution in [-0.2, 0) is 31.7 Å². The van der Waals surface area contributed by atoms with Crippen LogP contribution in [0.4, 0.5) is 0 Å². The highest BCUT2D eigenvalue weighted by atomic mass is 31.2. The summed E-state index contributed by atoms with van der Waals surface area (Å²) in [7, 11) is -4.66.